The zero-order chi connectivity index (χ0) is 13.1. The summed E-state index contributed by atoms with van der Waals surface area (Å²) in [5.74, 6) is 1.11. The molecule has 0 amide bonds. The SMILES string of the molecule is COc1cc2ccc(CC(C)CN)nc2cc1Cl. The summed E-state index contributed by atoms with van der Waals surface area (Å²) in [5.41, 5.74) is 7.56. The normalized spacial score (nSPS) is 12.7. The summed E-state index contributed by atoms with van der Waals surface area (Å²) in [6, 6.07) is 7.81. The predicted molar refractivity (Wildman–Crippen MR) is 75.2 cm³/mol. The van der Waals surface area contributed by atoms with Crippen LogP contribution in [0, 0.1) is 5.92 Å². The molecule has 18 heavy (non-hydrogen) atoms. The van der Waals surface area contributed by atoms with Crippen molar-refractivity contribution in [2.24, 2.45) is 11.7 Å². The van der Waals surface area contributed by atoms with Gasteiger partial charge < -0.3 is 10.5 Å². The van der Waals surface area contributed by atoms with E-state index in [-0.39, 0.29) is 0 Å². The Morgan fingerprint density at radius 3 is 2.83 bits per heavy atom. The topological polar surface area (TPSA) is 48.1 Å². The van der Waals surface area contributed by atoms with E-state index in [9.17, 15) is 0 Å². The number of hydrogen-bond acceptors (Lipinski definition) is 3. The maximum absolute atomic E-state index is 6.10. The monoisotopic (exact) mass is 264 g/mol. The van der Waals surface area contributed by atoms with Crippen molar-refractivity contribution in [3.63, 3.8) is 0 Å². The van der Waals surface area contributed by atoms with Crippen LogP contribution < -0.4 is 10.5 Å². The molecule has 96 valence electrons. The summed E-state index contributed by atoms with van der Waals surface area (Å²) in [6.45, 7) is 2.79. The molecule has 0 aliphatic carbocycles. The Hall–Kier alpha value is -1.32. The van der Waals surface area contributed by atoms with Gasteiger partial charge >= 0.3 is 0 Å². The Kier molecular flexibility index (Phi) is 4.04. The van der Waals surface area contributed by atoms with E-state index in [1.807, 2.05) is 24.3 Å². The molecule has 0 fully saturated rings. The fraction of sp³-hybridized carbons (Fsp3) is 0.357. The summed E-state index contributed by atoms with van der Waals surface area (Å²) in [4.78, 5) is 4.60. The number of methoxy groups -OCH3 is 1. The standard InChI is InChI=1S/C14H17ClN2O/c1-9(8-16)5-11-4-3-10-6-14(18-2)12(15)7-13(10)17-11/h3-4,6-7,9H,5,8,16H2,1-2H3. The molecule has 1 aromatic heterocycles. The van der Waals surface area contributed by atoms with Crippen molar-refractivity contribution in [1.29, 1.82) is 0 Å². The van der Waals surface area contributed by atoms with Crippen molar-refractivity contribution < 1.29 is 4.74 Å². The van der Waals surface area contributed by atoms with Crippen LogP contribution in [0.15, 0.2) is 24.3 Å². The molecule has 2 aromatic rings. The third kappa shape index (κ3) is 2.74. The van der Waals surface area contributed by atoms with E-state index in [1.54, 1.807) is 7.11 Å². The second-order valence-corrected chi connectivity index (χ2v) is 4.93. The van der Waals surface area contributed by atoms with Crippen LogP contribution in [0.25, 0.3) is 10.9 Å². The summed E-state index contributed by atoms with van der Waals surface area (Å²) >= 11 is 6.10. The number of halogens is 1. The van der Waals surface area contributed by atoms with Gasteiger partial charge in [-0.25, -0.2) is 0 Å². The Morgan fingerprint density at radius 2 is 2.17 bits per heavy atom. The number of ether oxygens (including phenoxy) is 1. The first-order valence-corrected chi connectivity index (χ1v) is 6.35. The first-order valence-electron chi connectivity index (χ1n) is 5.97. The molecule has 0 aliphatic heterocycles. The zero-order valence-electron chi connectivity index (χ0n) is 10.6. The van der Waals surface area contributed by atoms with Gasteiger partial charge in [-0.2, -0.15) is 0 Å². The minimum absolute atomic E-state index is 0.434. The maximum Gasteiger partial charge on any atom is 0.138 e. The smallest absolute Gasteiger partial charge is 0.138 e. The van der Waals surface area contributed by atoms with Gasteiger partial charge in [0.25, 0.3) is 0 Å². The summed E-state index contributed by atoms with van der Waals surface area (Å²) < 4.78 is 5.19. The van der Waals surface area contributed by atoms with Crippen molar-refractivity contribution in [3.8, 4) is 5.75 Å². The van der Waals surface area contributed by atoms with Gasteiger partial charge in [0.1, 0.15) is 5.75 Å². The van der Waals surface area contributed by atoms with E-state index >= 15 is 0 Å². The Bertz CT molecular complexity index is 557. The van der Waals surface area contributed by atoms with Gasteiger partial charge in [0.05, 0.1) is 17.6 Å². The van der Waals surface area contributed by atoms with Gasteiger partial charge in [0.2, 0.25) is 0 Å². The van der Waals surface area contributed by atoms with Crippen LogP contribution in [0.2, 0.25) is 5.02 Å². The van der Waals surface area contributed by atoms with Crippen molar-refractivity contribution in [1.82, 2.24) is 4.98 Å². The number of rotatable bonds is 4. The Balaban J connectivity index is 2.39. The molecule has 0 saturated carbocycles. The summed E-state index contributed by atoms with van der Waals surface area (Å²) in [6.07, 6.45) is 0.885. The molecule has 1 aromatic carbocycles. The maximum atomic E-state index is 6.10. The lowest BCUT2D eigenvalue weighted by Crippen LogP contribution is -2.13. The number of nitrogens with zero attached hydrogens (tertiary/aromatic N) is 1. The quantitative estimate of drug-likeness (QED) is 0.923. The van der Waals surface area contributed by atoms with Gasteiger partial charge in [0, 0.05) is 11.1 Å². The highest BCUT2D eigenvalue weighted by Crippen LogP contribution is 2.29. The lowest BCUT2D eigenvalue weighted by Gasteiger charge is -2.09. The number of aromatic nitrogens is 1. The van der Waals surface area contributed by atoms with Crippen LogP contribution in [0.5, 0.6) is 5.75 Å². The number of benzene rings is 1. The molecule has 4 heteroatoms. The number of hydrogen-bond donors (Lipinski definition) is 1. The highest BCUT2D eigenvalue weighted by Gasteiger charge is 2.07. The third-order valence-electron chi connectivity index (χ3n) is 2.98. The second kappa shape index (κ2) is 5.55. The molecule has 0 bridgehead atoms. The van der Waals surface area contributed by atoms with Crippen molar-refractivity contribution in [2.45, 2.75) is 13.3 Å². The molecule has 2 N–H and O–H groups in total. The van der Waals surface area contributed by atoms with Crippen molar-refractivity contribution in [2.75, 3.05) is 13.7 Å². The molecule has 0 saturated heterocycles. The van der Waals surface area contributed by atoms with Crippen LogP contribution in [-0.4, -0.2) is 18.6 Å². The van der Waals surface area contributed by atoms with E-state index in [0.29, 0.717) is 23.2 Å². The van der Waals surface area contributed by atoms with E-state index in [0.717, 1.165) is 23.0 Å². The number of nitrogens with two attached hydrogens (primary N) is 1. The van der Waals surface area contributed by atoms with E-state index in [2.05, 4.69) is 11.9 Å². The largest absolute Gasteiger partial charge is 0.495 e. The zero-order valence-corrected chi connectivity index (χ0v) is 11.4. The molecule has 0 radical (unpaired) electrons. The van der Waals surface area contributed by atoms with Crippen molar-refractivity contribution in [3.05, 3.63) is 35.0 Å². The predicted octanol–water partition coefficient (Wildman–Crippen LogP) is 3.03. The fourth-order valence-electron chi connectivity index (χ4n) is 1.88. The fourth-order valence-corrected chi connectivity index (χ4v) is 2.11. The first kappa shape index (κ1) is 13.1. The van der Waals surface area contributed by atoms with Crippen LogP contribution in [0.1, 0.15) is 12.6 Å². The van der Waals surface area contributed by atoms with Crippen LogP contribution >= 0.6 is 11.6 Å². The summed E-state index contributed by atoms with van der Waals surface area (Å²) in [5, 5.41) is 1.61. The molecular weight excluding hydrogens is 248 g/mol. The second-order valence-electron chi connectivity index (χ2n) is 4.53. The molecule has 3 nitrogen and oxygen atoms in total. The van der Waals surface area contributed by atoms with Crippen molar-refractivity contribution >= 4 is 22.5 Å². The van der Waals surface area contributed by atoms with E-state index in [4.69, 9.17) is 22.1 Å². The highest BCUT2D eigenvalue weighted by atomic mass is 35.5. The van der Waals surface area contributed by atoms with Crippen LogP contribution in [0.4, 0.5) is 0 Å². The minimum Gasteiger partial charge on any atom is -0.495 e. The Labute approximate surface area is 112 Å². The number of pyridine rings is 1. The molecule has 1 atom stereocenters. The van der Waals surface area contributed by atoms with Gasteiger partial charge in [-0.1, -0.05) is 24.6 Å². The van der Waals surface area contributed by atoms with Gasteiger partial charge in [-0.15, -0.1) is 0 Å². The summed E-state index contributed by atoms with van der Waals surface area (Å²) in [7, 11) is 1.61. The number of fused-ring (bicyclic) bond motifs is 1. The van der Waals surface area contributed by atoms with Gasteiger partial charge in [-0.3, -0.25) is 4.98 Å². The molecule has 1 heterocycles. The molecule has 0 spiro atoms. The average Bonchev–Trinajstić information content (AvgIpc) is 2.37. The molecule has 1 unspecified atom stereocenters. The van der Waals surface area contributed by atoms with E-state index < -0.39 is 0 Å². The van der Waals surface area contributed by atoms with Crippen LogP contribution in [-0.2, 0) is 6.42 Å². The van der Waals surface area contributed by atoms with Crippen LogP contribution in [0.3, 0.4) is 0 Å². The Morgan fingerprint density at radius 1 is 1.39 bits per heavy atom. The lowest BCUT2D eigenvalue weighted by atomic mass is 10.0. The molecule has 0 aliphatic rings. The minimum atomic E-state index is 0.434. The first-order chi connectivity index (χ1) is 8.63. The third-order valence-corrected chi connectivity index (χ3v) is 3.28. The average molecular weight is 265 g/mol. The van der Waals surface area contributed by atoms with E-state index in [1.165, 1.54) is 0 Å². The molecular formula is C14H17ClN2O. The van der Waals surface area contributed by atoms with Gasteiger partial charge in [-0.05, 0) is 37.1 Å². The highest BCUT2D eigenvalue weighted by molar-refractivity contribution is 6.32. The lowest BCUT2D eigenvalue weighted by molar-refractivity contribution is 0.415. The molecule has 2 rings (SSSR count). The van der Waals surface area contributed by atoms with Gasteiger partial charge in [0.15, 0.2) is 0 Å².